The standard InChI is InChI=1S/C20H24BrNO4S/c1-5-13-10(21)7-14(27-13)16-15-11(23)8-20(3,4)9-12(15)26-18(22)17(16)19(24)25-6-2/h7,16H,5-6,8-9,22H2,1-4H3/t16-/m1/s1. The average molecular weight is 454 g/mol. The quantitative estimate of drug-likeness (QED) is 0.675. The van der Waals surface area contributed by atoms with Crippen LogP contribution in [0.2, 0.25) is 0 Å². The molecule has 0 unspecified atom stereocenters. The van der Waals surface area contributed by atoms with E-state index in [4.69, 9.17) is 15.2 Å². The van der Waals surface area contributed by atoms with Gasteiger partial charge in [-0.05, 0) is 40.8 Å². The fraction of sp³-hybridized carbons (Fsp3) is 0.500. The summed E-state index contributed by atoms with van der Waals surface area (Å²) in [7, 11) is 0. The van der Waals surface area contributed by atoms with Gasteiger partial charge >= 0.3 is 5.97 Å². The number of halogens is 1. The molecule has 1 atom stereocenters. The van der Waals surface area contributed by atoms with Gasteiger partial charge in [0.1, 0.15) is 11.3 Å². The minimum absolute atomic E-state index is 0.00289. The van der Waals surface area contributed by atoms with Crippen LogP contribution in [0.15, 0.2) is 33.3 Å². The zero-order valence-electron chi connectivity index (χ0n) is 16.0. The van der Waals surface area contributed by atoms with E-state index in [9.17, 15) is 9.59 Å². The molecular weight excluding hydrogens is 430 g/mol. The number of allylic oxidation sites excluding steroid dienone is 2. The molecule has 1 aromatic heterocycles. The molecule has 5 nitrogen and oxygen atoms in total. The van der Waals surface area contributed by atoms with E-state index in [1.807, 2.05) is 19.9 Å². The van der Waals surface area contributed by atoms with Gasteiger partial charge in [-0.3, -0.25) is 4.79 Å². The molecule has 1 aliphatic carbocycles. The number of aryl methyl sites for hydroxylation is 1. The summed E-state index contributed by atoms with van der Waals surface area (Å²) < 4.78 is 12.0. The molecular formula is C20H24BrNO4S. The SMILES string of the molecule is CCOC(=O)C1=C(N)OC2=C(C(=O)CC(C)(C)C2)[C@H]1c1cc(Br)c(CC)s1. The summed E-state index contributed by atoms with van der Waals surface area (Å²) in [6, 6.07) is 1.98. The molecule has 27 heavy (non-hydrogen) atoms. The summed E-state index contributed by atoms with van der Waals surface area (Å²) in [6.45, 7) is 8.10. The molecule has 1 aliphatic heterocycles. The number of ketones is 1. The summed E-state index contributed by atoms with van der Waals surface area (Å²) in [6.07, 6.45) is 1.87. The molecule has 0 saturated heterocycles. The predicted molar refractivity (Wildman–Crippen MR) is 108 cm³/mol. The number of rotatable bonds is 4. The second-order valence-corrected chi connectivity index (χ2v) is 9.61. The van der Waals surface area contributed by atoms with E-state index < -0.39 is 11.9 Å². The lowest BCUT2D eigenvalue weighted by atomic mass is 9.71. The Bertz CT molecular complexity index is 865. The monoisotopic (exact) mass is 453 g/mol. The van der Waals surface area contributed by atoms with Gasteiger partial charge in [-0.25, -0.2) is 4.79 Å². The van der Waals surface area contributed by atoms with Gasteiger partial charge in [0.05, 0.1) is 12.5 Å². The van der Waals surface area contributed by atoms with E-state index in [1.54, 1.807) is 18.3 Å². The maximum atomic E-state index is 13.1. The fourth-order valence-corrected chi connectivity index (χ4v) is 5.72. The summed E-state index contributed by atoms with van der Waals surface area (Å²) in [4.78, 5) is 27.8. The topological polar surface area (TPSA) is 78.6 Å². The van der Waals surface area contributed by atoms with Crippen molar-refractivity contribution in [1.82, 2.24) is 0 Å². The lowest BCUT2D eigenvalue weighted by Gasteiger charge is -2.37. The molecule has 1 aromatic rings. The maximum Gasteiger partial charge on any atom is 0.340 e. The van der Waals surface area contributed by atoms with E-state index in [0.29, 0.717) is 24.2 Å². The van der Waals surface area contributed by atoms with Crippen LogP contribution in [0, 0.1) is 5.41 Å². The second-order valence-electron chi connectivity index (χ2n) is 7.58. The Labute approximate surface area is 171 Å². The molecule has 146 valence electrons. The van der Waals surface area contributed by atoms with Gasteiger partial charge in [-0.1, -0.05) is 20.8 Å². The third kappa shape index (κ3) is 3.72. The summed E-state index contributed by atoms with van der Waals surface area (Å²) in [5.74, 6) is -0.465. The number of carbonyl (C=O) groups excluding carboxylic acids is 2. The number of hydrogen-bond acceptors (Lipinski definition) is 6. The van der Waals surface area contributed by atoms with E-state index in [-0.39, 0.29) is 29.3 Å². The first kappa shape index (κ1) is 20.1. The van der Waals surface area contributed by atoms with Crippen molar-refractivity contribution in [2.45, 2.75) is 52.9 Å². The Morgan fingerprint density at radius 1 is 1.41 bits per heavy atom. The predicted octanol–water partition coefficient (Wildman–Crippen LogP) is 4.56. The van der Waals surface area contributed by atoms with Crippen LogP contribution in [-0.4, -0.2) is 18.4 Å². The summed E-state index contributed by atoms with van der Waals surface area (Å²) in [5, 5.41) is 0. The number of carbonyl (C=O) groups is 2. The molecule has 0 amide bonds. The molecule has 0 bridgehead atoms. The normalized spacial score (nSPS) is 21.8. The largest absolute Gasteiger partial charge is 0.462 e. The van der Waals surface area contributed by atoms with Crippen LogP contribution in [-0.2, 0) is 25.5 Å². The van der Waals surface area contributed by atoms with Crippen LogP contribution in [0.4, 0.5) is 0 Å². The summed E-state index contributed by atoms with van der Waals surface area (Å²) >= 11 is 5.16. The van der Waals surface area contributed by atoms with Crippen LogP contribution in [0.25, 0.3) is 0 Å². The first-order valence-corrected chi connectivity index (χ1v) is 10.7. The number of Topliss-reactive ketones (excluding diaryl/α,β-unsaturated/α-hetero) is 1. The first-order chi connectivity index (χ1) is 12.7. The van der Waals surface area contributed by atoms with E-state index in [2.05, 4.69) is 22.9 Å². The molecule has 2 N–H and O–H groups in total. The van der Waals surface area contributed by atoms with Crippen molar-refractivity contribution in [2.24, 2.45) is 11.1 Å². The number of ether oxygens (including phenoxy) is 2. The zero-order valence-corrected chi connectivity index (χ0v) is 18.4. The number of esters is 1. The lowest BCUT2D eigenvalue weighted by molar-refractivity contribution is -0.139. The third-order valence-electron chi connectivity index (χ3n) is 4.83. The van der Waals surface area contributed by atoms with Crippen LogP contribution in [0.1, 0.15) is 56.2 Å². The van der Waals surface area contributed by atoms with Crippen molar-refractivity contribution >= 4 is 39.0 Å². The van der Waals surface area contributed by atoms with Crippen molar-refractivity contribution in [3.05, 3.63) is 43.1 Å². The van der Waals surface area contributed by atoms with Crippen LogP contribution < -0.4 is 5.73 Å². The zero-order chi connectivity index (χ0) is 19.9. The van der Waals surface area contributed by atoms with Gasteiger partial charge in [-0.15, -0.1) is 11.3 Å². The second kappa shape index (κ2) is 7.43. The maximum absolute atomic E-state index is 13.1. The van der Waals surface area contributed by atoms with E-state index in [1.165, 1.54) is 0 Å². The molecule has 0 aromatic carbocycles. The van der Waals surface area contributed by atoms with Crippen molar-refractivity contribution in [3.8, 4) is 0 Å². The number of thiophene rings is 1. The third-order valence-corrected chi connectivity index (χ3v) is 7.15. The van der Waals surface area contributed by atoms with Crippen LogP contribution in [0.5, 0.6) is 0 Å². The smallest absolute Gasteiger partial charge is 0.340 e. The summed E-state index contributed by atoms with van der Waals surface area (Å²) in [5.41, 5.74) is 6.73. The van der Waals surface area contributed by atoms with Gasteiger partial charge < -0.3 is 15.2 Å². The van der Waals surface area contributed by atoms with Gasteiger partial charge in [0.15, 0.2) is 5.78 Å². The Balaban J connectivity index is 2.18. The Morgan fingerprint density at radius 2 is 2.11 bits per heavy atom. The van der Waals surface area contributed by atoms with Crippen molar-refractivity contribution in [2.75, 3.05) is 6.61 Å². The minimum Gasteiger partial charge on any atom is -0.462 e. The highest BCUT2D eigenvalue weighted by Crippen LogP contribution is 2.50. The molecule has 0 saturated carbocycles. The Morgan fingerprint density at radius 3 is 2.70 bits per heavy atom. The minimum atomic E-state index is -0.544. The van der Waals surface area contributed by atoms with Crippen molar-refractivity contribution in [3.63, 3.8) is 0 Å². The molecule has 2 aliphatic rings. The molecule has 0 fully saturated rings. The fourth-order valence-electron chi connectivity index (χ4n) is 3.69. The highest BCUT2D eigenvalue weighted by Gasteiger charge is 2.45. The highest BCUT2D eigenvalue weighted by molar-refractivity contribution is 9.10. The average Bonchev–Trinajstić information content (AvgIpc) is 2.93. The Hall–Kier alpha value is -1.60. The van der Waals surface area contributed by atoms with E-state index >= 15 is 0 Å². The van der Waals surface area contributed by atoms with E-state index in [0.717, 1.165) is 20.6 Å². The highest BCUT2D eigenvalue weighted by atomic mass is 79.9. The van der Waals surface area contributed by atoms with Crippen LogP contribution >= 0.6 is 27.3 Å². The van der Waals surface area contributed by atoms with Gasteiger partial charge in [0.2, 0.25) is 5.88 Å². The van der Waals surface area contributed by atoms with Crippen molar-refractivity contribution in [1.29, 1.82) is 0 Å². The van der Waals surface area contributed by atoms with Gasteiger partial charge in [0, 0.05) is 32.6 Å². The molecule has 0 spiro atoms. The first-order valence-electron chi connectivity index (χ1n) is 9.07. The molecule has 7 heteroatoms. The number of hydrogen-bond donors (Lipinski definition) is 1. The van der Waals surface area contributed by atoms with Crippen LogP contribution in [0.3, 0.4) is 0 Å². The van der Waals surface area contributed by atoms with Crippen molar-refractivity contribution < 1.29 is 19.1 Å². The van der Waals surface area contributed by atoms with Gasteiger partial charge in [-0.2, -0.15) is 0 Å². The Kier molecular flexibility index (Phi) is 5.54. The molecule has 0 radical (unpaired) electrons. The van der Waals surface area contributed by atoms with Gasteiger partial charge in [0.25, 0.3) is 0 Å². The molecule has 3 rings (SSSR count). The number of nitrogens with two attached hydrogens (primary N) is 1. The molecule has 2 heterocycles. The lowest BCUT2D eigenvalue weighted by Crippen LogP contribution is -2.35.